The molecule has 0 saturated carbocycles. The molecule has 0 saturated heterocycles. The molecule has 5 heteroatoms. The minimum atomic E-state index is 0.376. The first-order valence-electron chi connectivity index (χ1n) is 7.04. The first-order valence-corrected chi connectivity index (χ1v) is 7.04. The van der Waals surface area contributed by atoms with E-state index in [0.717, 1.165) is 11.3 Å². The Morgan fingerprint density at radius 1 is 1.05 bits per heavy atom. The number of nitrogens with zero attached hydrogens (tertiary/aromatic N) is 4. The first-order chi connectivity index (χ1) is 10.8. The van der Waals surface area contributed by atoms with Crippen molar-refractivity contribution in [3.8, 4) is 11.3 Å². The van der Waals surface area contributed by atoms with Gasteiger partial charge in [-0.15, -0.1) is 5.10 Å². The number of hydrogen-bond acceptors (Lipinski definition) is 4. The number of fused-ring (bicyclic) bond motifs is 2. The van der Waals surface area contributed by atoms with Gasteiger partial charge in [0, 0.05) is 18.9 Å². The van der Waals surface area contributed by atoms with Crippen molar-refractivity contribution >= 4 is 16.6 Å². The molecule has 22 heavy (non-hydrogen) atoms. The van der Waals surface area contributed by atoms with E-state index in [1.807, 2.05) is 18.2 Å². The maximum atomic E-state index is 5.09. The maximum Gasteiger partial charge on any atom is 0.253 e. The lowest BCUT2D eigenvalue weighted by molar-refractivity contribution is 0.178. The third-order valence-electron chi connectivity index (χ3n) is 3.60. The van der Waals surface area contributed by atoms with Crippen molar-refractivity contribution in [3.63, 3.8) is 0 Å². The van der Waals surface area contributed by atoms with E-state index in [-0.39, 0.29) is 0 Å². The molecular weight excluding hydrogens is 276 g/mol. The Balaban J connectivity index is 1.91. The average molecular weight is 290 g/mol. The van der Waals surface area contributed by atoms with Crippen molar-refractivity contribution in [3.05, 3.63) is 60.6 Å². The molecule has 0 unspecified atom stereocenters. The van der Waals surface area contributed by atoms with Crippen LogP contribution in [0.2, 0.25) is 0 Å². The monoisotopic (exact) mass is 290 g/mol. The Kier molecular flexibility index (Phi) is 3.05. The summed E-state index contributed by atoms with van der Waals surface area (Å²) in [7, 11) is 1.63. The smallest absolute Gasteiger partial charge is 0.253 e. The summed E-state index contributed by atoms with van der Waals surface area (Å²) in [6, 6.07) is 16.6. The SMILES string of the molecule is COCc1nc2nccc(-c3ccc4ccccc4c3)n2n1. The van der Waals surface area contributed by atoms with Gasteiger partial charge in [-0.05, 0) is 22.9 Å². The van der Waals surface area contributed by atoms with E-state index >= 15 is 0 Å². The van der Waals surface area contributed by atoms with Crippen LogP contribution in [0.4, 0.5) is 0 Å². The Morgan fingerprint density at radius 2 is 1.91 bits per heavy atom. The lowest BCUT2D eigenvalue weighted by Crippen LogP contribution is -1.96. The fourth-order valence-corrected chi connectivity index (χ4v) is 2.59. The molecule has 5 nitrogen and oxygen atoms in total. The summed E-state index contributed by atoms with van der Waals surface area (Å²) in [4.78, 5) is 8.63. The molecule has 0 N–H and O–H groups in total. The Bertz CT molecular complexity index is 961. The maximum absolute atomic E-state index is 5.09. The largest absolute Gasteiger partial charge is 0.377 e. The highest BCUT2D eigenvalue weighted by molar-refractivity contribution is 5.86. The highest BCUT2D eigenvalue weighted by Gasteiger charge is 2.10. The lowest BCUT2D eigenvalue weighted by Gasteiger charge is -2.05. The van der Waals surface area contributed by atoms with E-state index < -0.39 is 0 Å². The highest BCUT2D eigenvalue weighted by Crippen LogP contribution is 2.24. The van der Waals surface area contributed by atoms with Gasteiger partial charge < -0.3 is 4.74 Å². The zero-order chi connectivity index (χ0) is 14.9. The Hall–Kier alpha value is -2.79. The van der Waals surface area contributed by atoms with Gasteiger partial charge in [0.2, 0.25) is 0 Å². The van der Waals surface area contributed by atoms with Gasteiger partial charge in [-0.1, -0.05) is 36.4 Å². The van der Waals surface area contributed by atoms with Gasteiger partial charge >= 0.3 is 0 Å². The fourth-order valence-electron chi connectivity index (χ4n) is 2.59. The molecule has 0 radical (unpaired) electrons. The summed E-state index contributed by atoms with van der Waals surface area (Å²) in [6.07, 6.45) is 1.76. The molecule has 4 aromatic rings. The minimum absolute atomic E-state index is 0.376. The van der Waals surface area contributed by atoms with Gasteiger partial charge in [0.15, 0.2) is 5.82 Å². The summed E-state index contributed by atoms with van der Waals surface area (Å²) in [5, 5.41) is 6.89. The third-order valence-corrected chi connectivity index (χ3v) is 3.60. The highest BCUT2D eigenvalue weighted by atomic mass is 16.5. The number of rotatable bonds is 3. The second-order valence-corrected chi connectivity index (χ2v) is 5.06. The van der Waals surface area contributed by atoms with E-state index in [1.165, 1.54) is 10.8 Å². The normalized spacial score (nSPS) is 11.3. The van der Waals surface area contributed by atoms with Crippen molar-refractivity contribution in [2.45, 2.75) is 6.61 Å². The predicted molar refractivity (Wildman–Crippen MR) is 84.4 cm³/mol. The van der Waals surface area contributed by atoms with Crippen molar-refractivity contribution in [2.24, 2.45) is 0 Å². The summed E-state index contributed by atoms with van der Waals surface area (Å²) in [5.41, 5.74) is 2.05. The molecule has 108 valence electrons. The molecule has 0 bridgehead atoms. The number of methoxy groups -OCH3 is 1. The summed E-state index contributed by atoms with van der Waals surface area (Å²) in [6.45, 7) is 0.376. The van der Waals surface area contributed by atoms with Crippen LogP contribution in [0.3, 0.4) is 0 Å². The molecule has 2 aromatic carbocycles. The molecule has 0 spiro atoms. The average Bonchev–Trinajstić information content (AvgIpc) is 2.97. The van der Waals surface area contributed by atoms with Crippen molar-refractivity contribution < 1.29 is 4.74 Å². The van der Waals surface area contributed by atoms with Crippen LogP contribution in [-0.4, -0.2) is 26.7 Å². The summed E-state index contributed by atoms with van der Waals surface area (Å²) >= 11 is 0. The summed E-state index contributed by atoms with van der Waals surface area (Å²) < 4.78 is 6.86. The quantitative estimate of drug-likeness (QED) is 0.582. The number of benzene rings is 2. The van der Waals surface area contributed by atoms with E-state index in [9.17, 15) is 0 Å². The third kappa shape index (κ3) is 2.12. The summed E-state index contributed by atoms with van der Waals surface area (Å²) in [5.74, 6) is 1.21. The van der Waals surface area contributed by atoms with Gasteiger partial charge in [-0.2, -0.15) is 9.50 Å². The molecule has 0 fully saturated rings. The van der Waals surface area contributed by atoms with Crippen LogP contribution in [-0.2, 0) is 11.3 Å². The Morgan fingerprint density at radius 3 is 2.77 bits per heavy atom. The van der Waals surface area contributed by atoms with Crippen LogP contribution in [0.15, 0.2) is 54.7 Å². The molecule has 0 aliphatic carbocycles. The molecule has 0 aliphatic rings. The first kappa shape index (κ1) is 12.9. The van der Waals surface area contributed by atoms with Crippen LogP contribution < -0.4 is 0 Å². The van der Waals surface area contributed by atoms with Gasteiger partial charge in [-0.25, -0.2) is 4.98 Å². The molecule has 0 aliphatic heterocycles. The Labute approximate surface area is 127 Å². The topological polar surface area (TPSA) is 52.3 Å². The van der Waals surface area contributed by atoms with Crippen LogP contribution in [0.1, 0.15) is 5.82 Å². The fraction of sp³-hybridized carbons (Fsp3) is 0.118. The standard InChI is InChI=1S/C17H14N4O/c1-22-11-16-19-17-18-9-8-15(21(17)20-16)14-7-6-12-4-2-3-5-13(12)10-14/h2-10H,11H2,1H3. The molecule has 2 heterocycles. The minimum Gasteiger partial charge on any atom is -0.377 e. The lowest BCUT2D eigenvalue weighted by atomic mass is 10.1. The van der Waals surface area contributed by atoms with E-state index in [1.54, 1.807) is 17.8 Å². The van der Waals surface area contributed by atoms with Gasteiger partial charge in [0.05, 0.1) is 5.69 Å². The molecule has 4 rings (SSSR count). The second kappa shape index (κ2) is 5.20. The van der Waals surface area contributed by atoms with Crippen LogP contribution in [0.25, 0.3) is 27.8 Å². The van der Waals surface area contributed by atoms with Crippen molar-refractivity contribution in [1.29, 1.82) is 0 Å². The van der Waals surface area contributed by atoms with Gasteiger partial charge in [0.25, 0.3) is 5.78 Å². The zero-order valence-electron chi connectivity index (χ0n) is 12.1. The van der Waals surface area contributed by atoms with Crippen molar-refractivity contribution in [2.75, 3.05) is 7.11 Å². The van der Waals surface area contributed by atoms with Crippen LogP contribution in [0.5, 0.6) is 0 Å². The van der Waals surface area contributed by atoms with E-state index in [2.05, 4.69) is 45.4 Å². The molecule has 0 amide bonds. The van der Waals surface area contributed by atoms with Crippen LogP contribution >= 0.6 is 0 Å². The van der Waals surface area contributed by atoms with Gasteiger partial charge in [0.1, 0.15) is 6.61 Å². The second-order valence-electron chi connectivity index (χ2n) is 5.06. The number of ether oxygens (including phenoxy) is 1. The van der Waals surface area contributed by atoms with Crippen molar-refractivity contribution in [1.82, 2.24) is 19.6 Å². The number of hydrogen-bond donors (Lipinski definition) is 0. The molecule has 2 aromatic heterocycles. The molecule has 0 atom stereocenters. The van der Waals surface area contributed by atoms with Gasteiger partial charge in [-0.3, -0.25) is 0 Å². The van der Waals surface area contributed by atoms with Crippen LogP contribution in [0, 0.1) is 0 Å². The molecular formula is C17H14N4O. The zero-order valence-corrected chi connectivity index (χ0v) is 12.1. The van der Waals surface area contributed by atoms with E-state index in [4.69, 9.17) is 4.74 Å². The van der Waals surface area contributed by atoms with E-state index in [0.29, 0.717) is 18.2 Å². The number of aromatic nitrogens is 4. The predicted octanol–water partition coefficient (Wildman–Crippen LogP) is 3.09.